The number of aromatic nitrogens is 3. The van der Waals surface area contributed by atoms with Crippen molar-refractivity contribution in [3.8, 4) is 11.1 Å². The number of likely N-dealkylation sites (N-methyl/N-ethyl adjacent to an activating group) is 1. The molecule has 1 aliphatic heterocycles. The number of rotatable bonds is 4. The van der Waals surface area contributed by atoms with E-state index in [2.05, 4.69) is 76.4 Å². The summed E-state index contributed by atoms with van der Waals surface area (Å²) in [6, 6.07) is 15.1. The van der Waals surface area contributed by atoms with Crippen LogP contribution in [0.3, 0.4) is 0 Å². The van der Waals surface area contributed by atoms with Gasteiger partial charge < -0.3 is 10.2 Å². The van der Waals surface area contributed by atoms with E-state index >= 15 is 0 Å². The number of pyridine rings is 1. The molecule has 0 bridgehead atoms. The van der Waals surface area contributed by atoms with E-state index in [1.165, 1.54) is 11.1 Å². The summed E-state index contributed by atoms with van der Waals surface area (Å²) in [6.45, 7) is 6.37. The fourth-order valence-electron chi connectivity index (χ4n) is 4.07. The zero-order valence-corrected chi connectivity index (χ0v) is 17.4. The Hall–Kier alpha value is -3.44. The van der Waals surface area contributed by atoms with E-state index in [4.69, 9.17) is 0 Å². The normalized spacial score (nSPS) is 13.9. The smallest absolute Gasteiger partial charge is 0.130 e. The van der Waals surface area contributed by atoms with Crippen LogP contribution in [-0.2, 0) is 20.0 Å². The number of hydrogen-bond donors (Lipinski definition) is 1. The maximum Gasteiger partial charge on any atom is 0.130 e. The van der Waals surface area contributed by atoms with Crippen LogP contribution in [0.1, 0.15) is 16.7 Å². The minimum Gasteiger partial charge on any atom is -0.340 e. The first kappa shape index (κ1) is 18.6. The van der Waals surface area contributed by atoms with Gasteiger partial charge in [-0.15, -0.1) is 0 Å². The van der Waals surface area contributed by atoms with Gasteiger partial charge in [-0.2, -0.15) is 5.10 Å². The fraction of sp³-hybridized carbons (Fsp3) is 0.200. The second-order valence-electron chi connectivity index (χ2n) is 8.11. The number of hydrogen-bond acceptors (Lipinski definition) is 4. The largest absolute Gasteiger partial charge is 0.340 e. The van der Waals surface area contributed by atoms with Crippen molar-refractivity contribution in [1.82, 2.24) is 19.7 Å². The predicted octanol–water partition coefficient (Wildman–Crippen LogP) is 4.71. The van der Waals surface area contributed by atoms with Crippen molar-refractivity contribution < 1.29 is 0 Å². The van der Waals surface area contributed by atoms with Crippen LogP contribution in [0, 0.1) is 0 Å². The van der Waals surface area contributed by atoms with Crippen LogP contribution in [0.5, 0.6) is 0 Å². The molecule has 2 aromatic carbocycles. The Bertz CT molecular complexity index is 1250. The van der Waals surface area contributed by atoms with Crippen molar-refractivity contribution in [1.29, 1.82) is 0 Å². The maximum atomic E-state index is 4.58. The molecule has 0 radical (unpaired) electrons. The third-order valence-electron chi connectivity index (χ3n) is 5.80. The molecule has 3 heterocycles. The lowest BCUT2D eigenvalue weighted by molar-refractivity contribution is 0.313. The van der Waals surface area contributed by atoms with Crippen molar-refractivity contribution >= 4 is 22.3 Å². The van der Waals surface area contributed by atoms with Gasteiger partial charge in [-0.3, -0.25) is 4.68 Å². The van der Waals surface area contributed by atoms with Gasteiger partial charge >= 0.3 is 0 Å². The molecule has 0 saturated heterocycles. The van der Waals surface area contributed by atoms with Gasteiger partial charge in [-0.25, -0.2) is 4.98 Å². The van der Waals surface area contributed by atoms with E-state index in [0.717, 1.165) is 58.5 Å². The molecule has 0 amide bonds. The standard InChI is InChI=1S/C25H25N5/c1-17(18-4-7-22-15-29(2)9-8-20(22)10-18)28-25-12-23-11-19(5-6-21(23)13-26-25)24-14-27-30(3)16-24/h4-7,10-14,16H,1,8-9,15H2,2-3H3,(H,26,28). The molecular formula is C25H25N5. The van der Waals surface area contributed by atoms with E-state index in [-0.39, 0.29) is 0 Å². The number of anilines is 1. The summed E-state index contributed by atoms with van der Waals surface area (Å²) in [5.41, 5.74) is 7.06. The van der Waals surface area contributed by atoms with Crippen LogP contribution >= 0.6 is 0 Å². The first-order chi connectivity index (χ1) is 14.5. The topological polar surface area (TPSA) is 46.0 Å². The van der Waals surface area contributed by atoms with Gasteiger partial charge in [-0.1, -0.05) is 30.8 Å². The Labute approximate surface area is 176 Å². The molecule has 1 aliphatic rings. The molecule has 1 N–H and O–H groups in total. The third-order valence-corrected chi connectivity index (χ3v) is 5.80. The quantitative estimate of drug-likeness (QED) is 0.544. The summed E-state index contributed by atoms with van der Waals surface area (Å²) >= 11 is 0. The molecule has 30 heavy (non-hydrogen) atoms. The number of aryl methyl sites for hydroxylation is 1. The summed E-state index contributed by atoms with van der Waals surface area (Å²) in [7, 11) is 4.10. The summed E-state index contributed by atoms with van der Waals surface area (Å²) in [4.78, 5) is 6.94. The monoisotopic (exact) mass is 395 g/mol. The molecule has 0 unspecified atom stereocenters. The molecule has 0 fully saturated rings. The van der Waals surface area contributed by atoms with E-state index in [1.54, 1.807) is 0 Å². The summed E-state index contributed by atoms with van der Waals surface area (Å²) in [5, 5.41) is 9.92. The van der Waals surface area contributed by atoms with Crippen LogP contribution in [0.4, 0.5) is 5.82 Å². The Morgan fingerprint density at radius 3 is 2.70 bits per heavy atom. The van der Waals surface area contributed by atoms with Gasteiger partial charge in [0, 0.05) is 49.2 Å². The summed E-state index contributed by atoms with van der Waals surface area (Å²) in [5.74, 6) is 0.799. The van der Waals surface area contributed by atoms with E-state index in [9.17, 15) is 0 Å². The van der Waals surface area contributed by atoms with Gasteiger partial charge in [0.25, 0.3) is 0 Å². The number of nitrogens with zero attached hydrogens (tertiary/aromatic N) is 4. The highest BCUT2D eigenvalue weighted by atomic mass is 15.2. The highest BCUT2D eigenvalue weighted by Gasteiger charge is 2.14. The lowest BCUT2D eigenvalue weighted by atomic mass is 9.97. The van der Waals surface area contributed by atoms with Crippen molar-refractivity contribution in [2.45, 2.75) is 13.0 Å². The van der Waals surface area contributed by atoms with Gasteiger partial charge in [0.15, 0.2) is 0 Å². The second-order valence-corrected chi connectivity index (χ2v) is 8.11. The van der Waals surface area contributed by atoms with Gasteiger partial charge in [-0.05, 0) is 59.3 Å². The van der Waals surface area contributed by atoms with Crippen molar-refractivity contribution in [2.75, 3.05) is 18.9 Å². The number of benzene rings is 2. The van der Waals surface area contributed by atoms with E-state index < -0.39 is 0 Å². The predicted molar refractivity (Wildman–Crippen MR) is 123 cm³/mol. The minimum absolute atomic E-state index is 0.799. The fourth-order valence-corrected chi connectivity index (χ4v) is 4.07. The van der Waals surface area contributed by atoms with E-state index in [1.807, 2.05) is 30.3 Å². The average molecular weight is 396 g/mol. The zero-order chi connectivity index (χ0) is 20.7. The van der Waals surface area contributed by atoms with Crippen LogP contribution in [0.2, 0.25) is 0 Å². The Morgan fingerprint density at radius 2 is 1.87 bits per heavy atom. The lowest BCUT2D eigenvalue weighted by Crippen LogP contribution is -2.26. The van der Waals surface area contributed by atoms with Crippen LogP contribution in [-0.4, -0.2) is 33.3 Å². The lowest BCUT2D eigenvalue weighted by Gasteiger charge is -2.25. The average Bonchev–Trinajstić information content (AvgIpc) is 3.19. The van der Waals surface area contributed by atoms with Crippen LogP contribution in [0.15, 0.2) is 67.6 Å². The maximum absolute atomic E-state index is 4.58. The Kier molecular flexibility index (Phi) is 4.60. The third kappa shape index (κ3) is 3.60. The molecular weight excluding hydrogens is 370 g/mol. The Balaban J connectivity index is 1.40. The highest BCUT2D eigenvalue weighted by Crippen LogP contribution is 2.27. The van der Waals surface area contributed by atoms with Crippen LogP contribution < -0.4 is 5.32 Å². The molecule has 150 valence electrons. The molecule has 2 aromatic heterocycles. The summed E-state index contributed by atoms with van der Waals surface area (Å²) < 4.78 is 1.82. The molecule has 0 atom stereocenters. The van der Waals surface area contributed by atoms with Crippen LogP contribution in [0.25, 0.3) is 27.6 Å². The SMILES string of the molecule is C=C(Nc1cc2cc(-c3cnn(C)c3)ccc2cn1)c1ccc2c(c1)CCN(C)C2. The zero-order valence-electron chi connectivity index (χ0n) is 17.4. The molecule has 5 nitrogen and oxygen atoms in total. The number of nitrogens with one attached hydrogen (secondary N) is 1. The van der Waals surface area contributed by atoms with E-state index in [0.29, 0.717) is 0 Å². The van der Waals surface area contributed by atoms with Crippen molar-refractivity contribution in [2.24, 2.45) is 7.05 Å². The molecule has 5 heteroatoms. The minimum atomic E-state index is 0.799. The molecule has 0 spiro atoms. The van der Waals surface area contributed by atoms with Gasteiger partial charge in [0.1, 0.15) is 5.82 Å². The first-order valence-electron chi connectivity index (χ1n) is 10.2. The molecule has 0 aliphatic carbocycles. The van der Waals surface area contributed by atoms with Crippen molar-refractivity contribution in [3.05, 3.63) is 84.3 Å². The second kappa shape index (κ2) is 7.43. The number of fused-ring (bicyclic) bond motifs is 2. The first-order valence-corrected chi connectivity index (χ1v) is 10.2. The van der Waals surface area contributed by atoms with Crippen molar-refractivity contribution in [3.63, 3.8) is 0 Å². The Morgan fingerprint density at radius 1 is 0.967 bits per heavy atom. The molecule has 4 aromatic rings. The highest BCUT2D eigenvalue weighted by molar-refractivity contribution is 5.89. The van der Waals surface area contributed by atoms with Gasteiger partial charge in [0.05, 0.1) is 6.20 Å². The van der Waals surface area contributed by atoms with Gasteiger partial charge in [0.2, 0.25) is 0 Å². The molecule has 0 saturated carbocycles. The summed E-state index contributed by atoms with van der Waals surface area (Å²) in [6.07, 6.45) is 6.90. The molecule has 5 rings (SSSR count).